The van der Waals surface area contributed by atoms with Crippen molar-refractivity contribution in [3.8, 4) is 6.07 Å². The number of hydrogen-bond donors (Lipinski definition) is 1. The summed E-state index contributed by atoms with van der Waals surface area (Å²) in [5.41, 5.74) is -2.98. The quantitative estimate of drug-likeness (QED) is 0.826. The molecule has 0 unspecified atom stereocenters. The number of nitrogens with zero attached hydrogens (tertiary/aromatic N) is 5. The molecule has 2 aromatic rings. The minimum atomic E-state index is -4.80. The van der Waals surface area contributed by atoms with Gasteiger partial charge in [0, 0.05) is 6.20 Å². The number of aromatic amines is 1. The number of nitrogens with one attached hydrogen (secondary N) is 1. The van der Waals surface area contributed by atoms with Crippen molar-refractivity contribution >= 4 is 17.6 Å². The van der Waals surface area contributed by atoms with Crippen LogP contribution in [0.25, 0.3) is 0 Å². The molecule has 0 bridgehead atoms. The third-order valence-corrected chi connectivity index (χ3v) is 4.30. The average Bonchev–Trinajstić information content (AvgIpc) is 3.16. The van der Waals surface area contributed by atoms with Crippen LogP contribution in [0.2, 0.25) is 0 Å². The van der Waals surface area contributed by atoms with E-state index in [0.29, 0.717) is 16.7 Å². The molecule has 0 radical (unpaired) electrons. The van der Waals surface area contributed by atoms with Gasteiger partial charge in [-0.15, -0.1) is 5.10 Å². The van der Waals surface area contributed by atoms with E-state index < -0.39 is 34.8 Å². The van der Waals surface area contributed by atoms with Gasteiger partial charge in [-0.1, -0.05) is 5.21 Å². The highest BCUT2D eigenvalue weighted by Gasteiger charge is 2.52. The number of halogens is 3. The minimum absolute atomic E-state index is 0.0486. The zero-order valence-corrected chi connectivity index (χ0v) is 14.2. The fourth-order valence-corrected chi connectivity index (χ4v) is 2.80. The Morgan fingerprint density at radius 1 is 1.30 bits per heavy atom. The summed E-state index contributed by atoms with van der Waals surface area (Å²) in [6.07, 6.45) is -3.36. The predicted octanol–water partition coefficient (Wildman–Crippen LogP) is 2.44. The lowest BCUT2D eigenvalue weighted by Crippen LogP contribution is -2.43. The number of amides is 3. The van der Waals surface area contributed by atoms with E-state index in [9.17, 15) is 22.8 Å². The standard InChI is InChI=1S/C16H13F3N6O2/c1-15(2)13(26)25(14(27)24(15)8-10-7-21-23-22-10)11-4-3-9(6-20)12(5-11)16(17,18)19/h3-5,7H,8H2,1-2H3,(H,21,22,23). The van der Waals surface area contributed by atoms with Crippen molar-refractivity contribution in [1.82, 2.24) is 20.3 Å². The molecule has 1 aromatic heterocycles. The number of imide groups is 1. The number of hydrogen-bond acceptors (Lipinski definition) is 5. The fourth-order valence-electron chi connectivity index (χ4n) is 2.80. The first-order chi connectivity index (χ1) is 12.6. The topological polar surface area (TPSA) is 106 Å². The van der Waals surface area contributed by atoms with E-state index in [-0.39, 0.29) is 12.2 Å². The van der Waals surface area contributed by atoms with Gasteiger partial charge >= 0.3 is 12.2 Å². The Morgan fingerprint density at radius 3 is 2.56 bits per heavy atom. The van der Waals surface area contributed by atoms with Crippen molar-refractivity contribution < 1.29 is 22.8 Å². The largest absolute Gasteiger partial charge is 0.417 e. The molecule has 1 fully saturated rings. The summed E-state index contributed by atoms with van der Waals surface area (Å²) in [7, 11) is 0. The van der Waals surface area contributed by atoms with E-state index in [4.69, 9.17) is 5.26 Å². The van der Waals surface area contributed by atoms with Crippen molar-refractivity contribution in [2.45, 2.75) is 32.1 Å². The molecule has 140 valence electrons. The molecule has 0 atom stereocenters. The third-order valence-electron chi connectivity index (χ3n) is 4.30. The number of benzene rings is 1. The van der Waals surface area contributed by atoms with Gasteiger partial charge in [0.05, 0.1) is 29.4 Å². The van der Waals surface area contributed by atoms with Crippen LogP contribution in [-0.4, -0.2) is 37.8 Å². The highest BCUT2D eigenvalue weighted by Crippen LogP contribution is 2.38. The molecule has 0 spiro atoms. The predicted molar refractivity (Wildman–Crippen MR) is 85.0 cm³/mol. The summed E-state index contributed by atoms with van der Waals surface area (Å²) in [4.78, 5) is 27.4. The van der Waals surface area contributed by atoms with Gasteiger partial charge in [0.1, 0.15) is 11.2 Å². The first-order valence-electron chi connectivity index (χ1n) is 7.70. The molecule has 2 heterocycles. The minimum Gasteiger partial charge on any atom is -0.304 e. The van der Waals surface area contributed by atoms with E-state index in [1.54, 1.807) is 0 Å². The van der Waals surface area contributed by atoms with Crippen molar-refractivity contribution in [2.75, 3.05) is 4.90 Å². The van der Waals surface area contributed by atoms with E-state index in [1.165, 1.54) is 31.0 Å². The average molecular weight is 378 g/mol. The maximum atomic E-state index is 13.2. The molecule has 1 aliphatic heterocycles. The van der Waals surface area contributed by atoms with Gasteiger partial charge in [-0.2, -0.15) is 18.4 Å². The molecule has 27 heavy (non-hydrogen) atoms. The van der Waals surface area contributed by atoms with Gasteiger partial charge in [0.15, 0.2) is 0 Å². The zero-order valence-electron chi connectivity index (χ0n) is 14.2. The van der Waals surface area contributed by atoms with Gasteiger partial charge in [-0.25, -0.2) is 9.69 Å². The Morgan fingerprint density at radius 2 is 2.00 bits per heavy atom. The van der Waals surface area contributed by atoms with Gasteiger partial charge in [-0.05, 0) is 32.0 Å². The van der Waals surface area contributed by atoms with Crippen LogP contribution in [0, 0.1) is 11.3 Å². The molecular formula is C16H13F3N6O2. The van der Waals surface area contributed by atoms with Crippen LogP contribution >= 0.6 is 0 Å². The number of aromatic nitrogens is 3. The van der Waals surface area contributed by atoms with Crippen molar-refractivity contribution in [3.05, 3.63) is 41.2 Å². The highest BCUT2D eigenvalue weighted by molar-refractivity contribution is 6.23. The molecule has 1 aliphatic rings. The number of alkyl halides is 3. The van der Waals surface area contributed by atoms with E-state index in [0.717, 1.165) is 12.1 Å². The molecule has 3 rings (SSSR count). The Hall–Kier alpha value is -3.42. The van der Waals surface area contributed by atoms with Crippen molar-refractivity contribution in [1.29, 1.82) is 5.26 Å². The lowest BCUT2D eigenvalue weighted by Gasteiger charge is -2.26. The number of rotatable bonds is 3. The maximum Gasteiger partial charge on any atom is 0.417 e. The summed E-state index contributed by atoms with van der Waals surface area (Å²) in [5.74, 6) is -0.686. The molecule has 0 aliphatic carbocycles. The molecule has 11 heteroatoms. The number of nitriles is 1. The summed E-state index contributed by atoms with van der Waals surface area (Å²) in [6, 6.07) is 3.38. The Labute approximate surface area is 151 Å². The summed E-state index contributed by atoms with van der Waals surface area (Å²) < 4.78 is 39.6. The second kappa shape index (κ2) is 6.08. The number of urea groups is 1. The Bertz CT molecular complexity index is 946. The van der Waals surface area contributed by atoms with E-state index in [2.05, 4.69) is 15.4 Å². The molecule has 1 saturated heterocycles. The van der Waals surface area contributed by atoms with Crippen LogP contribution in [0.1, 0.15) is 30.7 Å². The summed E-state index contributed by atoms with van der Waals surface area (Å²) >= 11 is 0. The van der Waals surface area contributed by atoms with Crippen LogP contribution < -0.4 is 4.90 Å². The second-order valence-corrected chi connectivity index (χ2v) is 6.37. The number of carbonyl (C=O) groups excluding carboxylic acids is 2. The third kappa shape index (κ3) is 2.99. The lowest BCUT2D eigenvalue weighted by atomic mass is 10.0. The zero-order chi connectivity index (χ0) is 20.0. The SMILES string of the molecule is CC1(C)C(=O)N(c2ccc(C#N)c(C(F)(F)F)c2)C(=O)N1Cc1c[nH]nn1. The summed E-state index contributed by atoms with van der Waals surface area (Å²) in [5, 5.41) is 18.7. The van der Waals surface area contributed by atoms with Crippen LogP contribution in [0.15, 0.2) is 24.4 Å². The molecular weight excluding hydrogens is 365 g/mol. The Balaban J connectivity index is 2.03. The second-order valence-electron chi connectivity index (χ2n) is 6.37. The molecule has 1 aromatic carbocycles. The molecule has 3 amide bonds. The smallest absolute Gasteiger partial charge is 0.304 e. The Kier molecular flexibility index (Phi) is 4.14. The van der Waals surface area contributed by atoms with Gasteiger partial charge in [-0.3, -0.25) is 9.89 Å². The van der Waals surface area contributed by atoms with E-state index in [1.807, 2.05) is 0 Å². The number of carbonyl (C=O) groups is 2. The van der Waals surface area contributed by atoms with Crippen LogP contribution in [0.4, 0.5) is 23.7 Å². The first-order valence-corrected chi connectivity index (χ1v) is 7.70. The van der Waals surface area contributed by atoms with Gasteiger partial charge in [0.25, 0.3) is 5.91 Å². The van der Waals surface area contributed by atoms with Gasteiger partial charge < -0.3 is 4.90 Å². The van der Waals surface area contributed by atoms with Crippen molar-refractivity contribution in [2.24, 2.45) is 0 Å². The fraction of sp³-hybridized carbons (Fsp3) is 0.312. The van der Waals surface area contributed by atoms with Crippen LogP contribution in [0.3, 0.4) is 0 Å². The van der Waals surface area contributed by atoms with Gasteiger partial charge in [0.2, 0.25) is 0 Å². The number of anilines is 1. The maximum absolute atomic E-state index is 13.2. The molecule has 0 saturated carbocycles. The normalized spacial score (nSPS) is 16.7. The molecule has 8 nitrogen and oxygen atoms in total. The van der Waals surface area contributed by atoms with Crippen LogP contribution in [-0.2, 0) is 17.5 Å². The monoisotopic (exact) mass is 378 g/mol. The highest BCUT2D eigenvalue weighted by atomic mass is 19.4. The van der Waals surface area contributed by atoms with Crippen LogP contribution in [0.5, 0.6) is 0 Å². The number of H-pyrrole nitrogens is 1. The van der Waals surface area contributed by atoms with E-state index >= 15 is 0 Å². The lowest BCUT2D eigenvalue weighted by molar-refractivity contribution is -0.137. The molecule has 1 N–H and O–H groups in total. The first kappa shape index (κ1) is 18.4. The van der Waals surface area contributed by atoms with Crippen molar-refractivity contribution in [3.63, 3.8) is 0 Å². The summed E-state index contributed by atoms with van der Waals surface area (Å²) in [6.45, 7) is 2.93.